The second kappa shape index (κ2) is 4.73. The Kier molecular flexibility index (Phi) is 3.31. The normalized spacial score (nSPS) is 15.6. The minimum absolute atomic E-state index is 0.101. The molecule has 2 rings (SSSR count). The average molecular weight is 237 g/mol. The lowest BCUT2D eigenvalue weighted by Crippen LogP contribution is -2.29. The lowest BCUT2D eigenvalue weighted by atomic mass is 10.1. The lowest BCUT2D eigenvalue weighted by Gasteiger charge is -2.18. The summed E-state index contributed by atoms with van der Waals surface area (Å²) in [5.74, 6) is -0.249. The highest BCUT2D eigenvalue weighted by atomic mass is 19.1. The van der Waals surface area contributed by atoms with Crippen molar-refractivity contribution in [1.82, 2.24) is 4.90 Å². The lowest BCUT2D eigenvalue weighted by molar-refractivity contribution is 0.0675. The molecule has 0 saturated heterocycles. The van der Waals surface area contributed by atoms with E-state index in [2.05, 4.69) is 0 Å². The van der Waals surface area contributed by atoms with Gasteiger partial charge in [0.05, 0.1) is 6.54 Å². The molecule has 0 aromatic heterocycles. The minimum Gasteiger partial charge on any atom is -0.446 e. The predicted molar refractivity (Wildman–Crippen MR) is 61.9 cm³/mol. The third kappa shape index (κ3) is 2.40. The summed E-state index contributed by atoms with van der Waals surface area (Å²) in [6.45, 7) is 4.54. The number of benzene rings is 1. The van der Waals surface area contributed by atoms with Crippen LogP contribution in [0.2, 0.25) is 0 Å². The second-order valence-corrected chi connectivity index (χ2v) is 4.34. The molecule has 0 N–H and O–H groups in total. The minimum atomic E-state index is -0.366. The van der Waals surface area contributed by atoms with Crippen molar-refractivity contribution in [3.05, 3.63) is 35.1 Å². The molecule has 92 valence electrons. The Morgan fingerprint density at radius 1 is 1.53 bits per heavy atom. The van der Waals surface area contributed by atoms with Crippen molar-refractivity contribution in [2.75, 3.05) is 0 Å². The number of hydrogen-bond donors (Lipinski definition) is 0. The molecule has 1 aliphatic rings. The van der Waals surface area contributed by atoms with Crippen molar-refractivity contribution in [2.24, 2.45) is 0 Å². The van der Waals surface area contributed by atoms with Gasteiger partial charge in [-0.1, -0.05) is 19.1 Å². The molecule has 4 heteroatoms. The van der Waals surface area contributed by atoms with Gasteiger partial charge in [-0.25, -0.2) is 9.18 Å². The zero-order valence-electron chi connectivity index (χ0n) is 10.1. The predicted octanol–water partition coefficient (Wildman–Crippen LogP) is 3.08. The molecule has 0 saturated carbocycles. The Balaban J connectivity index is 2.05. The van der Waals surface area contributed by atoms with Gasteiger partial charge in [0.1, 0.15) is 11.9 Å². The Bertz CT molecular complexity index is 433. The SMILES string of the molecule is CCC(C)OC(=O)N1Cc2cccc(F)c2C1. The van der Waals surface area contributed by atoms with Gasteiger partial charge in [-0.15, -0.1) is 0 Å². The molecule has 1 atom stereocenters. The molecule has 0 bridgehead atoms. The van der Waals surface area contributed by atoms with E-state index in [-0.39, 0.29) is 18.0 Å². The summed E-state index contributed by atoms with van der Waals surface area (Å²) in [4.78, 5) is 13.3. The van der Waals surface area contributed by atoms with E-state index in [4.69, 9.17) is 4.74 Å². The summed E-state index contributed by atoms with van der Waals surface area (Å²) in [6, 6.07) is 4.93. The number of carbonyl (C=O) groups excluding carboxylic acids is 1. The molecule has 0 radical (unpaired) electrons. The Morgan fingerprint density at radius 2 is 2.29 bits per heavy atom. The monoisotopic (exact) mass is 237 g/mol. The Labute approximate surface area is 100 Å². The molecule has 1 aliphatic heterocycles. The number of ether oxygens (including phenoxy) is 1. The summed E-state index contributed by atoms with van der Waals surface area (Å²) in [5, 5.41) is 0. The second-order valence-electron chi connectivity index (χ2n) is 4.34. The first-order valence-corrected chi connectivity index (χ1v) is 5.83. The van der Waals surface area contributed by atoms with E-state index >= 15 is 0 Å². The summed E-state index contributed by atoms with van der Waals surface area (Å²) in [7, 11) is 0. The van der Waals surface area contributed by atoms with Crippen molar-refractivity contribution in [3.63, 3.8) is 0 Å². The van der Waals surface area contributed by atoms with Gasteiger partial charge in [0, 0.05) is 12.1 Å². The quantitative estimate of drug-likeness (QED) is 0.791. The van der Waals surface area contributed by atoms with Gasteiger partial charge in [-0.2, -0.15) is 0 Å². The fourth-order valence-corrected chi connectivity index (χ4v) is 1.84. The number of amides is 1. The summed E-state index contributed by atoms with van der Waals surface area (Å²) in [6.07, 6.45) is 0.312. The van der Waals surface area contributed by atoms with Crippen molar-refractivity contribution in [1.29, 1.82) is 0 Å². The number of carbonyl (C=O) groups is 1. The highest BCUT2D eigenvalue weighted by Gasteiger charge is 2.27. The molecule has 0 spiro atoms. The number of hydrogen-bond acceptors (Lipinski definition) is 2. The Hall–Kier alpha value is -1.58. The van der Waals surface area contributed by atoms with Gasteiger partial charge < -0.3 is 4.74 Å². The van der Waals surface area contributed by atoms with Gasteiger partial charge in [0.2, 0.25) is 0 Å². The molecule has 0 aliphatic carbocycles. The van der Waals surface area contributed by atoms with Gasteiger partial charge in [0.25, 0.3) is 0 Å². The van der Waals surface area contributed by atoms with E-state index in [0.717, 1.165) is 12.0 Å². The summed E-state index contributed by atoms with van der Waals surface area (Å²) in [5.41, 5.74) is 1.47. The maximum Gasteiger partial charge on any atom is 0.410 e. The van der Waals surface area contributed by atoms with Gasteiger partial charge >= 0.3 is 6.09 Å². The van der Waals surface area contributed by atoms with E-state index in [1.165, 1.54) is 11.0 Å². The smallest absolute Gasteiger partial charge is 0.410 e. The van der Waals surface area contributed by atoms with E-state index in [0.29, 0.717) is 18.7 Å². The highest BCUT2D eigenvalue weighted by molar-refractivity contribution is 5.69. The summed E-state index contributed by atoms with van der Waals surface area (Å²) < 4.78 is 18.7. The molecule has 1 amide bonds. The number of rotatable bonds is 2. The first-order chi connectivity index (χ1) is 8.11. The van der Waals surface area contributed by atoms with Crippen LogP contribution < -0.4 is 0 Å². The van der Waals surface area contributed by atoms with E-state index in [1.807, 2.05) is 19.9 Å². The van der Waals surface area contributed by atoms with E-state index in [1.54, 1.807) is 6.07 Å². The van der Waals surface area contributed by atoms with Crippen LogP contribution in [0.4, 0.5) is 9.18 Å². The van der Waals surface area contributed by atoms with Crippen molar-refractivity contribution >= 4 is 6.09 Å². The molecule has 0 fully saturated rings. The van der Waals surface area contributed by atoms with E-state index < -0.39 is 0 Å². The zero-order chi connectivity index (χ0) is 12.4. The molecule has 3 nitrogen and oxygen atoms in total. The van der Waals surface area contributed by atoms with Crippen molar-refractivity contribution < 1.29 is 13.9 Å². The third-order valence-corrected chi connectivity index (χ3v) is 3.06. The number of halogens is 1. The first-order valence-electron chi connectivity index (χ1n) is 5.83. The fourth-order valence-electron chi connectivity index (χ4n) is 1.84. The fraction of sp³-hybridized carbons (Fsp3) is 0.462. The summed E-state index contributed by atoms with van der Waals surface area (Å²) >= 11 is 0. The molecular formula is C13H16FNO2. The average Bonchev–Trinajstić information content (AvgIpc) is 2.74. The van der Waals surface area contributed by atoms with Gasteiger partial charge in [-0.3, -0.25) is 4.90 Å². The van der Waals surface area contributed by atoms with Crippen LogP contribution in [0.3, 0.4) is 0 Å². The molecular weight excluding hydrogens is 221 g/mol. The van der Waals surface area contributed by atoms with Crippen LogP contribution in [0.25, 0.3) is 0 Å². The standard InChI is InChI=1S/C13H16FNO2/c1-3-9(2)17-13(16)15-7-10-5-4-6-12(14)11(10)8-15/h4-6,9H,3,7-8H2,1-2H3. The maximum atomic E-state index is 13.5. The van der Waals surface area contributed by atoms with Crippen LogP contribution in [-0.4, -0.2) is 17.1 Å². The largest absolute Gasteiger partial charge is 0.446 e. The molecule has 1 heterocycles. The van der Waals surface area contributed by atoms with Crippen molar-refractivity contribution in [3.8, 4) is 0 Å². The van der Waals surface area contributed by atoms with E-state index in [9.17, 15) is 9.18 Å². The van der Waals surface area contributed by atoms with Crippen LogP contribution in [0.1, 0.15) is 31.4 Å². The molecule has 17 heavy (non-hydrogen) atoms. The van der Waals surface area contributed by atoms with Crippen LogP contribution >= 0.6 is 0 Å². The van der Waals surface area contributed by atoms with Crippen LogP contribution in [-0.2, 0) is 17.8 Å². The van der Waals surface area contributed by atoms with Gasteiger partial charge in [-0.05, 0) is 25.0 Å². The zero-order valence-corrected chi connectivity index (χ0v) is 10.1. The molecule has 1 unspecified atom stereocenters. The van der Waals surface area contributed by atoms with Crippen LogP contribution in [0.5, 0.6) is 0 Å². The topological polar surface area (TPSA) is 29.5 Å². The molecule has 1 aromatic carbocycles. The third-order valence-electron chi connectivity index (χ3n) is 3.06. The highest BCUT2D eigenvalue weighted by Crippen LogP contribution is 2.25. The van der Waals surface area contributed by atoms with Gasteiger partial charge in [0.15, 0.2) is 0 Å². The number of nitrogens with zero attached hydrogens (tertiary/aromatic N) is 1. The molecule has 1 aromatic rings. The Morgan fingerprint density at radius 3 is 2.94 bits per heavy atom. The van der Waals surface area contributed by atoms with Crippen LogP contribution in [0.15, 0.2) is 18.2 Å². The first kappa shape index (κ1) is 11.9. The van der Waals surface area contributed by atoms with Crippen molar-refractivity contribution in [2.45, 2.75) is 39.5 Å². The van der Waals surface area contributed by atoms with Crippen LogP contribution in [0, 0.1) is 5.82 Å². The maximum absolute atomic E-state index is 13.5. The number of fused-ring (bicyclic) bond motifs is 1.